The van der Waals surface area contributed by atoms with Crippen molar-refractivity contribution in [2.24, 2.45) is 0 Å². The molecule has 0 unspecified atom stereocenters. The number of rotatable bonds is 5. The summed E-state index contributed by atoms with van der Waals surface area (Å²) in [5.74, 6) is 1.07. The lowest BCUT2D eigenvalue weighted by molar-refractivity contribution is 0.101. The van der Waals surface area contributed by atoms with Crippen LogP contribution < -0.4 is 14.8 Å². The summed E-state index contributed by atoms with van der Waals surface area (Å²) in [7, 11) is 1.47. The normalized spacial score (nSPS) is 10.7. The summed E-state index contributed by atoms with van der Waals surface area (Å²) < 4.78 is 11.1. The van der Waals surface area contributed by atoms with Gasteiger partial charge in [-0.15, -0.1) is 0 Å². The van der Waals surface area contributed by atoms with Crippen molar-refractivity contribution in [2.45, 2.75) is 13.8 Å². The van der Waals surface area contributed by atoms with Gasteiger partial charge in [0.15, 0.2) is 5.69 Å². The fourth-order valence-corrected chi connectivity index (χ4v) is 3.15. The van der Waals surface area contributed by atoms with Gasteiger partial charge in [-0.25, -0.2) is 9.97 Å². The Hall–Kier alpha value is -3.64. The van der Waals surface area contributed by atoms with Crippen LogP contribution in [0.3, 0.4) is 0 Å². The number of ether oxygens (including phenoxy) is 2. The van der Waals surface area contributed by atoms with E-state index in [1.54, 1.807) is 48.5 Å². The molecule has 7 heteroatoms. The Morgan fingerprint density at radius 2 is 1.42 bits per heavy atom. The van der Waals surface area contributed by atoms with Gasteiger partial charge in [0, 0.05) is 10.7 Å². The fraction of sp³-hybridized carbons (Fsp3) is 0.125. The lowest BCUT2D eigenvalue weighted by atomic mass is 10.1. The number of anilines is 1. The molecule has 3 aromatic carbocycles. The van der Waals surface area contributed by atoms with E-state index in [2.05, 4.69) is 15.3 Å². The largest absolute Gasteiger partial charge is 0.479 e. The smallest absolute Gasteiger partial charge is 0.279 e. The Kier molecular flexibility index (Phi) is 5.73. The summed E-state index contributed by atoms with van der Waals surface area (Å²) >= 11 is 5.89. The van der Waals surface area contributed by atoms with Gasteiger partial charge >= 0.3 is 0 Å². The highest BCUT2D eigenvalue weighted by Gasteiger charge is 2.18. The quantitative estimate of drug-likeness (QED) is 0.420. The van der Waals surface area contributed by atoms with Gasteiger partial charge in [-0.3, -0.25) is 4.79 Å². The van der Waals surface area contributed by atoms with Crippen LogP contribution in [0, 0.1) is 13.8 Å². The molecule has 4 aromatic rings. The molecule has 0 spiro atoms. The molecule has 1 N–H and O–H groups in total. The van der Waals surface area contributed by atoms with Crippen molar-refractivity contribution in [1.82, 2.24) is 9.97 Å². The SMILES string of the molecule is COc1nc2cc(C)c(C)cc2nc1C(=O)Nc1ccc(Oc2ccc(Cl)cc2)cc1. The highest BCUT2D eigenvalue weighted by atomic mass is 35.5. The van der Waals surface area contributed by atoms with Crippen molar-refractivity contribution in [3.63, 3.8) is 0 Å². The molecule has 1 heterocycles. The van der Waals surface area contributed by atoms with Crippen molar-refractivity contribution < 1.29 is 14.3 Å². The minimum absolute atomic E-state index is 0.125. The first-order chi connectivity index (χ1) is 14.9. The monoisotopic (exact) mass is 433 g/mol. The molecule has 0 aliphatic carbocycles. The number of carbonyl (C=O) groups excluding carboxylic acids is 1. The maximum Gasteiger partial charge on any atom is 0.279 e. The maximum atomic E-state index is 12.9. The predicted molar refractivity (Wildman–Crippen MR) is 121 cm³/mol. The van der Waals surface area contributed by atoms with Crippen molar-refractivity contribution in [1.29, 1.82) is 0 Å². The number of methoxy groups -OCH3 is 1. The minimum Gasteiger partial charge on any atom is -0.479 e. The summed E-state index contributed by atoms with van der Waals surface area (Å²) in [4.78, 5) is 21.8. The van der Waals surface area contributed by atoms with Crippen LogP contribution in [0.2, 0.25) is 5.02 Å². The van der Waals surface area contributed by atoms with Crippen LogP contribution in [0.1, 0.15) is 21.6 Å². The van der Waals surface area contributed by atoms with Crippen molar-refractivity contribution in [3.8, 4) is 17.4 Å². The molecule has 0 aliphatic heterocycles. The first kappa shape index (κ1) is 20.6. The number of nitrogens with zero attached hydrogens (tertiary/aromatic N) is 2. The molecule has 1 amide bonds. The Balaban J connectivity index is 1.54. The summed E-state index contributed by atoms with van der Waals surface area (Å²) in [6, 6.07) is 17.9. The number of halogens is 1. The van der Waals surface area contributed by atoms with Gasteiger partial charge in [0.05, 0.1) is 18.1 Å². The van der Waals surface area contributed by atoms with Gasteiger partial charge in [-0.2, -0.15) is 0 Å². The summed E-state index contributed by atoms with van der Waals surface area (Å²) in [5, 5.41) is 3.47. The molecule has 0 aliphatic rings. The van der Waals surface area contributed by atoms with E-state index in [0.717, 1.165) is 11.1 Å². The molecule has 0 fully saturated rings. The number of hydrogen-bond donors (Lipinski definition) is 1. The zero-order valence-electron chi connectivity index (χ0n) is 17.3. The van der Waals surface area contributed by atoms with Crippen LogP contribution in [0.15, 0.2) is 60.7 Å². The van der Waals surface area contributed by atoms with Crippen LogP contribution >= 0.6 is 11.6 Å². The first-order valence-electron chi connectivity index (χ1n) is 9.61. The van der Waals surface area contributed by atoms with E-state index in [1.807, 2.05) is 26.0 Å². The third kappa shape index (κ3) is 4.59. The number of nitrogens with one attached hydrogen (secondary N) is 1. The third-order valence-electron chi connectivity index (χ3n) is 4.82. The lowest BCUT2D eigenvalue weighted by Gasteiger charge is -2.11. The van der Waals surface area contributed by atoms with Crippen LogP contribution in [0.5, 0.6) is 17.4 Å². The first-order valence-corrected chi connectivity index (χ1v) is 9.98. The van der Waals surface area contributed by atoms with Crippen molar-refractivity contribution >= 4 is 34.2 Å². The molecule has 0 saturated carbocycles. The molecule has 4 rings (SSSR count). The van der Waals surface area contributed by atoms with E-state index >= 15 is 0 Å². The Morgan fingerprint density at radius 1 is 0.871 bits per heavy atom. The number of amides is 1. The Morgan fingerprint density at radius 3 is 2.00 bits per heavy atom. The average molecular weight is 434 g/mol. The number of benzene rings is 3. The zero-order chi connectivity index (χ0) is 22.0. The van der Waals surface area contributed by atoms with Gasteiger partial charge in [0.2, 0.25) is 5.88 Å². The molecule has 0 saturated heterocycles. The second kappa shape index (κ2) is 8.62. The van der Waals surface area contributed by atoms with Gasteiger partial charge in [-0.1, -0.05) is 11.6 Å². The number of aryl methyl sites for hydroxylation is 2. The predicted octanol–water partition coefficient (Wildman–Crippen LogP) is 5.95. The van der Waals surface area contributed by atoms with Gasteiger partial charge in [-0.05, 0) is 85.6 Å². The lowest BCUT2D eigenvalue weighted by Crippen LogP contribution is -2.16. The second-order valence-corrected chi connectivity index (χ2v) is 7.48. The van der Waals surface area contributed by atoms with Gasteiger partial charge in [0.1, 0.15) is 11.5 Å². The second-order valence-electron chi connectivity index (χ2n) is 7.04. The van der Waals surface area contributed by atoms with E-state index in [1.165, 1.54) is 7.11 Å². The van der Waals surface area contributed by atoms with E-state index in [-0.39, 0.29) is 11.6 Å². The van der Waals surface area contributed by atoms with Crippen LogP contribution in [0.25, 0.3) is 11.0 Å². The van der Waals surface area contributed by atoms with Crippen LogP contribution in [-0.4, -0.2) is 23.0 Å². The van der Waals surface area contributed by atoms with Crippen LogP contribution in [0.4, 0.5) is 5.69 Å². The summed E-state index contributed by atoms with van der Waals surface area (Å²) in [5.41, 5.74) is 4.22. The van der Waals surface area contributed by atoms with Gasteiger partial charge < -0.3 is 14.8 Å². The molecule has 0 atom stereocenters. The molecule has 156 valence electrons. The minimum atomic E-state index is -0.407. The van der Waals surface area contributed by atoms with E-state index < -0.39 is 5.91 Å². The Bertz CT molecular complexity index is 1260. The number of hydrogen-bond acceptors (Lipinski definition) is 5. The fourth-order valence-electron chi connectivity index (χ4n) is 3.02. The molecule has 0 bridgehead atoms. The maximum absolute atomic E-state index is 12.9. The summed E-state index contributed by atoms with van der Waals surface area (Å²) in [6.07, 6.45) is 0. The number of fused-ring (bicyclic) bond motifs is 1. The van der Waals surface area contributed by atoms with Crippen LogP contribution in [-0.2, 0) is 0 Å². The molecular weight excluding hydrogens is 414 g/mol. The van der Waals surface area contributed by atoms with E-state index in [9.17, 15) is 4.79 Å². The van der Waals surface area contributed by atoms with E-state index in [0.29, 0.717) is 33.2 Å². The Labute approximate surface area is 184 Å². The molecule has 0 radical (unpaired) electrons. The van der Waals surface area contributed by atoms with Gasteiger partial charge in [0.25, 0.3) is 5.91 Å². The van der Waals surface area contributed by atoms with Crippen molar-refractivity contribution in [3.05, 3.63) is 82.5 Å². The molecule has 31 heavy (non-hydrogen) atoms. The van der Waals surface area contributed by atoms with Crippen molar-refractivity contribution in [2.75, 3.05) is 12.4 Å². The zero-order valence-corrected chi connectivity index (χ0v) is 18.0. The topological polar surface area (TPSA) is 73.3 Å². The van der Waals surface area contributed by atoms with E-state index in [4.69, 9.17) is 21.1 Å². The highest BCUT2D eigenvalue weighted by Crippen LogP contribution is 2.26. The highest BCUT2D eigenvalue weighted by molar-refractivity contribution is 6.30. The summed E-state index contributed by atoms with van der Waals surface area (Å²) in [6.45, 7) is 4.00. The number of aromatic nitrogens is 2. The third-order valence-corrected chi connectivity index (χ3v) is 5.07. The molecular formula is C24H20ClN3O3. The average Bonchev–Trinajstić information content (AvgIpc) is 2.76. The molecule has 6 nitrogen and oxygen atoms in total. The molecule has 1 aromatic heterocycles. The number of carbonyl (C=O) groups is 1. The standard InChI is InChI=1S/C24H20ClN3O3/c1-14-12-20-21(13-15(14)2)28-24(30-3)22(27-20)23(29)26-17-6-10-19(11-7-17)31-18-8-4-16(25)5-9-18/h4-13H,1-3H3,(H,26,29).